The monoisotopic (exact) mass is 464 g/mol. The smallest absolute Gasteiger partial charge is 0.396 e. The SMILES string of the molecule is COCC1(NS(=O)(=O)c2cc(C(F)(F)F)ccc2N[C@@H]2CCC[C@@H]2CO)CCCCC1. The number of rotatable bonds is 8. The molecule has 2 fully saturated rings. The van der Waals surface area contributed by atoms with Gasteiger partial charge in [-0.3, -0.25) is 0 Å². The van der Waals surface area contributed by atoms with Gasteiger partial charge in [-0.05, 0) is 43.9 Å². The maximum atomic E-state index is 13.4. The van der Waals surface area contributed by atoms with Crippen LogP contribution in [0.5, 0.6) is 0 Å². The lowest BCUT2D eigenvalue weighted by Gasteiger charge is -2.37. The van der Waals surface area contributed by atoms with Gasteiger partial charge in [0.15, 0.2) is 0 Å². The molecule has 0 spiro atoms. The number of aliphatic hydroxyl groups is 1. The first-order valence-electron chi connectivity index (χ1n) is 10.7. The number of methoxy groups -OCH3 is 1. The molecular weight excluding hydrogens is 433 g/mol. The number of alkyl halides is 3. The van der Waals surface area contributed by atoms with Gasteiger partial charge < -0.3 is 15.2 Å². The largest absolute Gasteiger partial charge is 0.416 e. The summed E-state index contributed by atoms with van der Waals surface area (Å²) in [5.41, 5.74) is -1.74. The third kappa shape index (κ3) is 5.71. The van der Waals surface area contributed by atoms with Crippen LogP contribution in [-0.4, -0.2) is 45.4 Å². The molecule has 0 unspecified atom stereocenters. The van der Waals surface area contributed by atoms with E-state index in [1.165, 1.54) is 13.2 Å². The van der Waals surface area contributed by atoms with E-state index in [1.54, 1.807) is 0 Å². The minimum absolute atomic E-state index is 0.0599. The highest BCUT2D eigenvalue weighted by Crippen LogP contribution is 2.37. The average molecular weight is 465 g/mol. The molecule has 6 nitrogen and oxygen atoms in total. The van der Waals surface area contributed by atoms with E-state index in [-0.39, 0.29) is 30.9 Å². The molecule has 2 saturated carbocycles. The molecule has 2 aliphatic rings. The molecule has 0 heterocycles. The molecule has 0 saturated heterocycles. The molecule has 31 heavy (non-hydrogen) atoms. The fourth-order valence-electron chi connectivity index (χ4n) is 4.81. The van der Waals surface area contributed by atoms with E-state index < -0.39 is 32.2 Å². The zero-order chi connectivity index (χ0) is 22.7. The number of benzene rings is 1. The van der Waals surface area contributed by atoms with Crippen LogP contribution in [0.25, 0.3) is 0 Å². The molecule has 0 amide bonds. The van der Waals surface area contributed by atoms with Gasteiger partial charge in [0.25, 0.3) is 0 Å². The van der Waals surface area contributed by atoms with Gasteiger partial charge in [0.05, 0.1) is 23.4 Å². The van der Waals surface area contributed by atoms with Crippen LogP contribution in [0.4, 0.5) is 18.9 Å². The highest BCUT2D eigenvalue weighted by atomic mass is 32.2. The summed E-state index contributed by atoms with van der Waals surface area (Å²) in [5, 5.41) is 12.7. The van der Waals surface area contributed by atoms with E-state index >= 15 is 0 Å². The van der Waals surface area contributed by atoms with Crippen molar-refractivity contribution in [2.45, 2.75) is 74.0 Å². The van der Waals surface area contributed by atoms with E-state index in [4.69, 9.17) is 4.74 Å². The fourth-order valence-corrected chi connectivity index (χ4v) is 6.45. The number of ether oxygens (including phenoxy) is 1. The first kappa shape index (κ1) is 24.3. The summed E-state index contributed by atoms with van der Waals surface area (Å²) in [6, 6.07) is 2.55. The third-order valence-electron chi connectivity index (χ3n) is 6.42. The van der Waals surface area contributed by atoms with E-state index in [9.17, 15) is 26.7 Å². The van der Waals surface area contributed by atoms with Gasteiger partial charge in [-0.2, -0.15) is 13.2 Å². The number of nitrogens with one attached hydrogen (secondary N) is 2. The van der Waals surface area contributed by atoms with Crippen molar-refractivity contribution >= 4 is 15.7 Å². The zero-order valence-corrected chi connectivity index (χ0v) is 18.5. The van der Waals surface area contributed by atoms with Gasteiger partial charge in [-0.1, -0.05) is 25.7 Å². The first-order chi connectivity index (χ1) is 14.6. The maximum absolute atomic E-state index is 13.4. The van der Waals surface area contributed by atoms with Gasteiger partial charge in [0.2, 0.25) is 10.0 Å². The molecule has 3 rings (SSSR count). The van der Waals surface area contributed by atoms with Crippen LogP contribution in [0.2, 0.25) is 0 Å². The molecule has 176 valence electrons. The van der Waals surface area contributed by atoms with Crippen molar-refractivity contribution in [2.75, 3.05) is 25.6 Å². The first-order valence-corrected chi connectivity index (χ1v) is 12.2. The Hall–Kier alpha value is -1.36. The minimum Gasteiger partial charge on any atom is -0.396 e. The fraction of sp³-hybridized carbons (Fsp3) is 0.714. The Morgan fingerprint density at radius 2 is 1.87 bits per heavy atom. The predicted molar refractivity (Wildman–Crippen MR) is 111 cm³/mol. The third-order valence-corrected chi connectivity index (χ3v) is 8.03. The quantitative estimate of drug-likeness (QED) is 0.543. The van der Waals surface area contributed by atoms with E-state index in [2.05, 4.69) is 10.0 Å². The number of aliphatic hydroxyl groups excluding tert-OH is 1. The van der Waals surface area contributed by atoms with Crippen LogP contribution in [0.1, 0.15) is 56.9 Å². The number of hydrogen-bond acceptors (Lipinski definition) is 5. The molecule has 0 aliphatic heterocycles. The highest BCUT2D eigenvalue weighted by Gasteiger charge is 2.39. The van der Waals surface area contributed by atoms with Gasteiger partial charge in [0, 0.05) is 25.7 Å². The molecular formula is C21H31F3N2O4S. The number of hydrogen-bond donors (Lipinski definition) is 3. The van der Waals surface area contributed by atoms with Gasteiger partial charge >= 0.3 is 6.18 Å². The second kappa shape index (κ2) is 9.64. The zero-order valence-electron chi connectivity index (χ0n) is 17.7. The summed E-state index contributed by atoms with van der Waals surface area (Å²) in [6.07, 6.45) is 1.44. The van der Waals surface area contributed by atoms with Crippen molar-refractivity contribution in [3.8, 4) is 0 Å². The summed E-state index contributed by atoms with van der Waals surface area (Å²) in [6.45, 7) is 0.0960. The Morgan fingerprint density at radius 1 is 1.16 bits per heavy atom. The standard InChI is InChI=1S/C21H31F3N2O4S/c1-30-14-20(10-3-2-4-11-20)26-31(28,29)19-12-16(21(22,23)24)8-9-18(19)25-17-7-5-6-15(17)13-27/h8-9,12,15,17,25-27H,2-7,10-11,13-14H2,1H3/t15-,17-/m1/s1. The van der Waals surface area contributed by atoms with E-state index in [1.807, 2.05) is 0 Å². The summed E-state index contributed by atoms with van der Waals surface area (Å²) in [7, 11) is -2.79. The highest BCUT2D eigenvalue weighted by molar-refractivity contribution is 7.89. The Morgan fingerprint density at radius 3 is 2.48 bits per heavy atom. The molecule has 2 atom stereocenters. The van der Waals surface area contributed by atoms with E-state index in [0.29, 0.717) is 25.3 Å². The van der Waals surface area contributed by atoms with Crippen molar-refractivity contribution in [1.82, 2.24) is 4.72 Å². The topological polar surface area (TPSA) is 87.7 Å². The second-order valence-corrected chi connectivity index (χ2v) is 10.4. The number of halogens is 3. The summed E-state index contributed by atoms with van der Waals surface area (Å²) in [5.74, 6) is -0.0658. The average Bonchev–Trinajstić information content (AvgIpc) is 3.15. The van der Waals surface area contributed by atoms with Crippen LogP contribution < -0.4 is 10.0 Å². The Labute approximate surface area is 181 Å². The molecule has 3 N–H and O–H groups in total. The van der Waals surface area contributed by atoms with Crippen molar-refractivity contribution in [2.24, 2.45) is 5.92 Å². The minimum atomic E-state index is -4.67. The predicted octanol–water partition coefficient (Wildman–Crippen LogP) is 3.91. The number of sulfonamides is 1. The van der Waals surface area contributed by atoms with Crippen molar-refractivity contribution < 1.29 is 31.4 Å². The molecule has 0 radical (unpaired) electrons. The number of anilines is 1. The van der Waals surface area contributed by atoms with Crippen molar-refractivity contribution in [3.05, 3.63) is 23.8 Å². The van der Waals surface area contributed by atoms with Crippen LogP contribution in [0, 0.1) is 5.92 Å². The Bertz CT molecular complexity index is 849. The normalized spacial score (nSPS) is 24.3. The summed E-state index contributed by atoms with van der Waals surface area (Å²) < 4.78 is 74.8. The van der Waals surface area contributed by atoms with Crippen LogP contribution in [0.15, 0.2) is 23.1 Å². The maximum Gasteiger partial charge on any atom is 0.416 e. The second-order valence-electron chi connectivity index (χ2n) is 8.71. The molecule has 1 aromatic carbocycles. The molecule has 0 aromatic heterocycles. The Kier molecular flexibility index (Phi) is 7.55. The summed E-state index contributed by atoms with van der Waals surface area (Å²) >= 11 is 0. The Balaban J connectivity index is 1.99. The van der Waals surface area contributed by atoms with Crippen LogP contribution >= 0.6 is 0 Å². The van der Waals surface area contributed by atoms with Gasteiger partial charge in [-0.25, -0.2) is 13.1 Å². The van der Waals surface area contributed by atoms with Crippen LogP contribution in [-0.2, 0) is 20.9 Å². The lowest BCUT2D eigenvalue weighted by molar-refractivity contribution is -0.137. The molecule has 1 aromatic rings. The lowest BCUT2D eigenvalue weighted by Crippen LogP contribution is -2.52. The summed E-state index contributed by atoms with van der Waals surface area (Å²) in [4.78, 5) is -0.424. The van der Waals surface area contributed by atoms with Gasteiger partial charge in [-0.15, -0.1) is 0 Å². The van der Waals surface area contributed by atoms with Crippen molar-refractivity contribution in [1.29, 1.82) is 0 Å². The molecule has 2 aliphatic carbocycles. The lowest BCUT2D eigenvalue weighted by atomic mass is 9.83. The molecule has 10 heteroatoms. The van der Waals surface area contributed by atoms with Crippen LogP contribution in [0.3, 0.4) is 0 Å². The van der Waals surface area contributed by atoms with E-state index in [0.717, 1.165) is 38.2 Å². The molecule has 0 bridgehead atoms. The van der Waals surface area contributed by atoms with Crippen molar-refractivity contribution in [3.63, 3.8) is 0 Å². The van der Waals surface area contributed by atoms with Gasteiger partial charge in [0.1, 0.15) is 4.90 Å².